The number of benzene rings is 1. The van der Waals surface area contributed by atoms with Gasteiger partial charge in [0.15, 0.2) is 0 Å². The quantitative estimate of drug-likeness (QED) is 0.762. The van der Waals surface area contributed by atoms with Crippen LogP contribution in [0.1, 0.15) is 21.5 Å². The normalized spacial score (nSPS) is 14.7. The Hall–Kier alpha value is -2.73. The fraction of sp³-hybridized carbons (Fsp3) is 0.350. The van der Waals surface area contributed by atoms with Gasteiger partial charge in [0.05, 0.1) is 5.56 Å². The first-order valence-electron chi connectivity index (χ1n) is 8.74. The first kappa shape index (κ1) is 18.1. The van der Waals surface area contributed by atoms with Crippen LogP contribution < -0.4 is 10.6 Å². The van der Waals surface area contributed by atoms with E-state index >= 15 is 0 Å². The van der Waals surface area contributed by atoms with E-state index in [1.54, 1.807) is 18.3 Å². The molecule has 2 amide bonds. The van der Waals surface area contributed by atoms with E-state index in [-0.39, 0.29) is 11.8 Å². The van der Waals surface area contributed by atoms with E-state index in [1.807, 2.05) is 31.1 Å². The molecule has 2 N–H and O–H groups in total. The lowest BCUT2D eigenvalue weighted by Crippen LogP contribution is -2.57. The topological polar surface area (TPSA) is 74.3 Å². The molecule has 0 saturated heterocycles. The summed E-state index contributed by atoms with van der Waals surface area (Å²) in [5, 5.41) is 5.77. The number of amides is 2. The first-order valence-corrected chi connectivity index (χ1v) is 8.74. The van der Waals surface area contributed by atoms with Gasteiger partial charge in [0.1, 0.15) is 5.54 Å². The van der Waals surface area contributed by atoms with Crippen molar-refractivity contribution < 1.29 is 9.59 Å². The van der Waals surface area contributed by atoms with Crippen molar-refractivity contribution in [2.45, 2.75) is 18.4 Å². The predicted molar refractivity (Wildman–Crippen MR) is 99.8 cm³/mol. The van der Waals surface area contributed by atoms with E-state index in [4.69, 9.17) is 0 Å². The van der Waals surface area contributed by atoms with Gasteiger partial charge in [-0.1, -0.05) is 24.3 Å². The SMILES string of the molecule is CN(C)C1(C(=O)NCCNC(=O)c2cccnc2)Cc2ccccc2C1. The number of likely N-dealkylation sites (N-methyl/N-ethyl adjacent to an activating group) is 1. The summed E-state index contributed by atoms with van der Waals surface area (Å²) >= 11 is 0. The second-order valence-corrected chi connectivity index (χ2v) is 6.80. The molecule has 6 heteroatoms. The summed E-state index contributed by atoms with van der Waals surface area (Å²) in [7, 11) is 3.88. The van der Waals surface area contributed by atoms with Gasteiger partial charge in [0.25, 0.3) is 5.91 Å². The molecule has 0 spiro atoms. The molecule has 1 aromatic carbocycles. The van der Waals surface area contributed by atoms with Crippen LogP contribution in [0.15, 0.2) is 48.8 Å². The molecule has 0 saturated carbocycles. The predicted octanol–water partition coefficient (Wildman–Crippen LogP) is 1.03. The molecular weight excluding hydrogens is 328 g/mol. The minimum atomic E-state index is -0.572. The number of rotatable bonds is 6. The van der Waals surface area contributed by atoms with Crippen LogP contribution in [0.5, 0.6) is 0 Å². The largest absolute Gasteiger partial charge is 0.353 e. The number of carbonyl (C=O) groups is 2. The van der Waals surface area contributed by atoms with Crippen molar-refractivity contribution in [3.63, 3.8) is 0 Å². The van der Waals surface area contributed by atoms with Crippen LogP contribution in [0.3, 0.4) is 0 Å². The summed E-state index contributed by atoms with van der Waals surface area (Å²) in [5.41, 5.74) is 2.38. The van der Waals surface area contributed by atoms with Crippen molar-refractivity contribution in [1.29, 1.82) is 0 Å². The van der Waals surface area contributed by atoms with Crippen molar-refractivity contribution in [3.8, 4) is 0 Å². The molecule has 1 aliphatic carbocycles. The zero-order valence-electron chi connectivity index (χ0n) is 15.2. The number of nitrogens with zero attached hydrogens (tertiary/aromatic N) is 2. The highest BCUT2D eigenvalue weighted by Crippen LogP contribution is 2.33. The number of fused-ring (bicyclic) bond motifs is 1. The maximum Gasteiger partial charge on any atom is 0.252 e. The third-order valence-electron chi connectivity index (χ3n) is 4.98. The molecule has 0 bridgehead atoms. The molecule has 1 aromatic heterocycles. The molecule has 1 heterocycles. The number of hydrogen-bond donors (Lipinski definition) is 2. The summed E-state index contributed by atoms with van der Waals surface area (Å²) in [4.78, 5) is 30.8. The highest BCUT2D eigenvalue weighted by Gasteiger charge is 2.45. The zero-order valence-corrected chi connectivity index (χ0v) is 15.2. The first-order chi connectivity index (χ1) is 12.5. The summed E-state index contributed by atoms with van der Waals surface area (Å²) in [6.45, 7) is 0.757. The Labute approximate surface area is 153 Å². The maximum absolute atomic E-state index is 12.9. The van der Waals surface area contributed by atoms with Crippen LogP contribution >= 0.6 is 0 Å². The number of aromatic nitrogens is 1. The highest BCUT2D eigenvalue weighted by molar-refractivity contribution is 5.93. The molecule has 6 nitrogen and oxygen atoms in total. The van der Waals surface area contributed by atoms with Crippen LogP contribution in [0, 0.1) is 0 Å². The van der Waals surface area contributed by atoms with Crippen molar-refractivity contribution in [2.24, 2.45) is 0 Å². The molecule has 26 heavy (non-hydrogen) atoms. The Morgan fingerprint density at radius 1 is 1.04 bits per heavy atom. The van der Waals surface area contributed by atoms with Crippen LogP contribution in [-0.2, 0) is 17.6 Å². The number of hydrogen-bond acceptors (Lipinski definition) is 4. The van der Waals surface area contributed by atoms with E-state index in [0.717, 1.165) is 0 Å². The Bertz CT molecular complexity index is 764. The van der Waals surface area contributed by atoms with Crippen molar-refractivity contribution in [1.82, 2.24) is 20.5 Å². The molecule has 136 valence electrons. The van der Waals surface area contributed by atoms with Gasteiger partial charge in [-0.15, -0.1) is 0 Å². The Balaban J connectivity index is 1.55. The summed E-state index contributed by atoms with van der Waals surface area (Å²) in [6, 6.07) is 11.6. The Kier molecular flexibility index (Phi) is 5.32. The fourth-order valence-corrected chi connectivity index (χ4v) is 3.39. The minimum absolute atomic E-state index is 0.00525. The summed E-state index contributed by atoms with van der Waals surface area (Å²) in [5.74, 6) is -0.197. The average Bonchev–Trinajstić information content (AvgIpc) is 3.06. The number of pyridine rings is 1. The highest BCUT2D eigenvalue weighted by atomic mass is 16.2. The lowest BCUT2D eigenvalue weighted by molar-refractivity contribution is -0.131. The smallest absolute Gasteiger partial charge is 0.252 e. The number of carbonyl (C=O) groups excluding carboxylic acids is 2. The van der Waals surface area contributed by atoms with Crippen LogP contribution in [0.4, 0.5) is 0 Å². The van der Waals surface area contributed by atoms with E-state index in [9.17, 15) is 9.59 Å². The summed E-state index contributed by atoms with van der Waals surface area (Å²) < 4.78 is 0. The van der Waals surface area contributed by atoms with Crippen LogP contribution in [0.25, 0.3) is 0 Å². The molecule has 3 rings (SSSR count). The molecule has 0 atom stereocenters. The third kappa shape index (κ3) is 3.60. The van der Waals surface area contributed by atoms with Crippen molar-refractivity contribution >= 4 is 11.8 Å². The fourth-order valence-electron chi connectivity index (χ4n) is 3.39. The monoisotopic (exact) mass is 352 g/mol. The standard InChI is InChI=1S/C20H24N4O2/c1-24(2)20(12-15-6-3-4-7-16(15)13-20)19(26)23-11-10-22-18(25)17-8-5-9-21-14-17/h3-9,14H,10-13H2,1-2H3,(H,22,25)(H,23,26). The van der Waals surface area contributed by atoms with Crippen LogP contribution in [-0.4, -0.2) is 54.4 Å². The Morgan fingerprint density at radius 2 is 1.69 bits per heavy atom. The molecule has 0 aliphatic heterocycles. The number of nitrogens with one attached hydrogen (secondary N) is 2. The lowest BCUT2D eigenvalue weighted by atomic mass is 9.93. The van der Waals surface area contributed by atoms with Gasteiger partial charge >= 0.3 is 0 Å². The minimum Gasteiger partial charge on any atom is -0.353 e. The molecule has 0 unspecified atom stereocenters. The van der Waals surface area contributed by atoms with Gasteiger partial charge in [0.2, 0.25) is 5.91 Å². The van der Waals surface area contributed by atoms with Gasteiger partial charge in [0, 0.05) is 38.3 Å². The van der Waals surface area contributed by atoms with E-state index in [0.29, 0.717) is 31.5 Å². The van der Waals surface area contributed by atoms with Crippen LogP contribution in [0.2, 0.25) is 0 Å². The maximum atomic E-state index is 12.9. The van der Waals surface area contributed by atoms with E-state index in [1.165, 1.54) is 17.3 Å². The van der Waals surface area contributed by atoms with Gasteiger partial charge in [-0.05, 0) is 37.4 Å². The Morgan fingerprint density at radius 3 is 2.27 bits per heavy atom. The second-order valence-electron chi connectivity index (χ2n) is 6.80. The lowest BCUT2D eigenvalue weighted by Gasteiger charge is -2.34. The molecule has 1 aliphatic rings. The second kappa shape index (κ2) is 7.66. The van der Waals surface area contributed by atoms with Crippen molar-refractivity contribution in [2.75, 3.05) is 27.2 Å². The zero-order chi connectivity index (χ0) is 18.6. The van der Waals surface area contributed by atoms with Gasteiger partial charge in [-0.3, -0.25) is 19.5 Å². The van der Waals surface area contributed by atoms with Gasteiger partial charge in [-0.25, -0.2) is 0 Å². The van der Waals surface area contributed by atoms with E-state index < -0.39 is 5.54 Å². The third-order valence-corrected chi connectivity index (χ3v) is 4.98. The summed E-state index contributed by atoms with van der Waals surface area (Å²) in [6.07, 6.45) is 4.54. The molecular formula is C20H24N4O2. The van der Waals surface area contributed by atoms with Crippen molar-refractivity contribution in [3.05, 3.63) is 65.5 Å². The average molecular weight is 352 g/mol. The van der Waals surface area contributed by atoms with E-state index in [2.05, 4.69) is 27.8 Å². The van der Waals surface area contributed by atoms with Gasteiger partial charge < -0.3 is 10.6 Å². The van der Waals surface area contributed by atoms with Gasteiger partial charge in [-0.2, -0.15) is 0 Å². The molecule has 0 fully saturated rings. The molecule has 2 aromatic rings. The molecule has 0 radical (unpaired) electrons.